The Hall–Kier alpha value is -0.520. The molecule has 0 saturated heterocycles. The molecule has 0 bridgehead atoms. The van der Waals surface area contributed by atoms with Crippen LogP contribution in [0.3, 0.4) is 0 Å². The maximum Gasteiger partial charge on any atom is -0.0172 e. The fourth-order valence-corrected chi connectivity index (χ4v) is 3.13. The first-order chi connectivity index (χ1) is 7.65. The summed E-state index contributed by atoms with van der Waals surface area (Å²) in [5, 5.41) is 0. The van der Waals surface area contributed by atoms with Gasteiger partial charge in [0, 0.05) is 0 Å². The first-order valence-corrected chi connectivity index (χ1v) is 6.91. The van der Waals surface area contributed by atoms with Crippen LogP contribution in [0.4, 0.5) is 0 Å². The Labute approximate surface area is 102 Å². The van der Waals surface area contributed by atoms with E-state index < -0.39 is 0 Å². The van der Waals surface area contributed by atoms with Crippen LogP contribution in [-0.4, -0.2) is 0 Å². The highest BCUT2D eigenvalue weighted by atomic mass is 14.3. The largest absolute Gasteiger partial charge is 0.103 e. The van der Waals surface area contributed by atoms with Gasteiger partial charge < -0.3 is 0 Å². The van der Waals surface area contributed by atoms with Gasteiger partial charge in [0.25, 0.3) is 0 Å². The van der Waals surface area contributed by atoms with Crippen molar-refractivity contribution in [3.05, 3.63) is 24.8 Å². The molecule has 1 aliphatic rings. The summed E-state index contributed by atoms with van der Waals surface area (Å²) in [6, 6.07) is 0. The monoisotopic (exact) mass is 220 g/mol. The number of allylic oxidation sites excluding steroid dienone is 3. The lowest BCUT2D eigenvalue weighted by atomic mass is 9.69. The van der Waals surface area contributed by atoms with Crippen LogP contribution in [0.5, 0.6) is 0 Å². The molecule has 1 fully saturated rings. The molecular formula is C16H28. The van der Waals surface area contributed by atoms with Gasteiger partial charge in [-0.2, -0.15) is 0 Å². The van der Waals surface area contributed by atoms with Crippen molar-refractivity contribution in [1.29, 1.82) is 0 Å². The predicted octanol–water partition coefficient (Wildman–Crippen LogP) is 5.22. The Balaban J connectivity index is 2.47. The van der Waals surface area contributed by atoms with Gasteiger partial charge in [-0.25, -0.2) is 0 Å². The van der Waals surface area contributed by atoms with Crippen molar-refractivity contribution in [2.75, 3.05) is 0 Å². The van der Waals surface area contributed by atoms with Gasteiger partial charge in [-0.3, -0.25) is 0 Å². The van der Waals surface area contributed by atoms with Crippen LogP contribution in [0.25, 0.3) is 0 Å². The smallest absolute Gasteiger partial charge is 0.0172 e. The summed E-state index contributed by atoms with van der Waals surface area (Å²) in [4.78, 5) is 0. The molecule has 0 heteroatoms. The molecule has 0 N–H and O–H groups in total. The van der Waals surface area contributed by atoms with E-state index in [-0.39, 0.29) is 0 Å². The number of hydrogen-bond donors (Lipinski definition) is 0. The Morgan fingerprint density at radius 1 is 1.25 bits per heavy atom. The Morgan fingerprint density at radius 2 is 2.00 bits per heavy atom. The Kier molecular flexibility index (Phi) is 5.87. The van der Waals surface area contributed by atoms with E-state index in [1.165, 1.54) is 25.7 Å². The van der Waals surface area contributed by atoms with Gasteiger partial charge in [0.15, 0.2) is 0 Å². The van der Waals surface area contributed by atoms with Gasteiger partial charge >= 0.3 is 0 Å². The quantitative estimate of drug-likeness (QED) is 0.557. The molecule has 3 atom stereocenters. The van der Waals surface area contributed by atoms with E-state index in [4.69, 9.17) is 0 Å². The number of hydrogen-bond acceptors (Lipinski definition) is 0. The summed E-state index contributed by atoms with van der Waals surface area (Å²) in [6.45, 7) is 10.9. The van der Waals surface area contributed by atoms with Crippen molar-refractivity contribution in [1.82, 2.24) is 0 Å². The van der Waals surface area contributed by atoms with E-state index in [2.05, 4.69) is 39.5 Å². The average molecular weight is 220 g/mol. The lowest BCUT2D eigenvalue weighted by molar-refractivity contribution is 0.146. The molecule has 0 heterocycles. The van der Waals surface area contributed by atoms with Crippen molar-refractivity contribution < 1.29 is 0 Å². The molecule has 1 rings (SSSR count). The zero-order valence-electron chi connectivity index (χ0n) is 11.3. The predicted molar refractivity (Wildman–Crippen MR) is 73.4 cm³/mol. The molecule has 0 aromatic rings. The summed E-state index contributed by atoms with van der Waals surface area (Å²) >= 11 is 0. The molecule has 0 radical (unpaired) electrons. The summed E-state index contributed by atoms with van der Waals surface area (Å²) in [5.74, 6) is 3.66. The summed E-state index contributed by atoms with van der Waals surface area (Å²) in [6.07, 6.45) is 13.2. The highest BCUT2D eigenvalue weighted by Crippen LogP contribution is 2.39. The van der Waals surface area contributed by atoms with Crippen molar-refractivity contribution >= 4 is 0 Å². The van der Waals surface area contributed by atoms with Crippen molar-refractivity contribution in [3.63, 3.8) is 0 Å². The lowest BCUT2D eigenvalue weighted by Gasteiger charge is -2.37. The second-order valence-corrected chi connectivity index (χ2v) is 5.82. The van der Waals surface area contributed by atoms with Crippen molar-refractivity contribution in [3.8, 4) is 0 Å². The molecular weight excluding hydrogens is 192 g/mol. The van der Waals surface area contributed by atoms with Crippen molar-refractivity contribution in [2.24, 2.45) is 23.7 Å². The maximum atomic E-state index is 3.75. The van der Waals surface area contributed by atoms with E-state index >= 15 is 0 Å². The molecule has 92 valence electrons. The highest BCUT2D eigenvalue weighted by molar-refractivity contribution is 4.92. The van der Waals surface area contributed by atoms with Gasteiger partial charge in [0.05, 0.1) is 0 Å². The Bertz CT molecular complexity index is 224. The van der Waals surface area contributed by atoms with E-state index in [9.17, 15) is 0 Å². The van der Waals surface area contributed by atoms with Crippen LogP contribution in [0, 0.1) is 23.7 Å². The van der Waals surface area contributed by atoms with Crippen LogP contribution in [0.2, 0.25) is 0 Å². The SMILES string of the molecule is C=CCC=CCC1CC(C)CCC1C(C)C. The van der Waals surface area contributed by atoms with Gasteiger partial charge in [0.1, 0.15) is 0 Å². The third-order valence-electron chi connectivity index (χ3n) is 4.07. The molecule has 1 aliphatic carbocycles. The lowest BCUT2D eigenvalue weighted by Crippen LogP contribution is -2.27. The fraction of sp³-hybridized carbons (Fsp3) is 0.750. The minimum absolute atomic E-state index is 0.852. The van der Waals surface area contributed by atoms with E-state index in [0.717, 1.165) is 30.1 Å². The fourth-order valence-electron chi connectivity index (χ4n) is 3.13. The van der Waals surface area contributed by atoms with Gasteiger partial charge in [-0.1, -0.05) is 45.4 Å². The van der Waals surface area contributed by atoms with Crippen LogP contribution in [0.1, 0.15) is 52.9 Å². The third-order valence-corrected chi connectivity index (χ3v) is 4.07. The van der Waals surface area contributed by atoms with Gasteiger partial charge in [-0.15, -0.1) is 6.58 Å². The van der Waals surface area contributed by atoms with Gasteiger partial charge in [0.2, 0.25) is 0 Å². The standard InChI is InChI=1S/C16H28/c1-5-6-7-8-9-15-12-14(4)10-11-16(15)13(2)3/h5,7-8,13-16H,1,6,9-12H2,2-4H3. The number of rotatable bonds is 5. The third kappa shape index (κ3) is 4.15. The molecule has 0 amide bonds. The molecule has 0 aromatic heterocycles. The van der Waals surface area contributed by atoms with Gasteiger partial charge in [-0.05, 0) is 49.4 Å². The highest BCUT2D eigenvalue weighted by Gasteiger charge is 2.29. The molecule has 1 saturated carbocycles. The first kappa shape index (κ1) is 13.5. The first-order valence-electron chi connectivity index (χ1n) is 6.91. The van der Waals surface area contributed by atoms with E-state index in [1.54, 1.807) is 0 Å². The second-order valence-electron chi connectivity index (χ2n) is 5.82. The van der Waals surface area contributed by atoms with Crippen LogP contribution >= 0.6 is 0 Å². The van der Waals surface area contributed by atoms with Crippen LogP contribution < -0.4 is 0 Å². The van der Waals surface area contributed by atoms with Crippen LogP contribution in [-0.2, 0) is 0 Å². The molecule has 3 unspecified atom stereocenters. The zero-order chi connectivity index (χ0) is 12.0. The minimum Gasteiger partial charge on any atom is -0.103 e. The zero-order valence-corrected chi connectivity index (χ0v) is 11.3. The van der Waals surface area contributed by atoms with Crippen LogP contribution in [0.15, 0.2) is 24.8 Å². The Morgan fingerprint density at radius 3 is 2.62 bits per heavy atom. The van der Waals surface area contributed by atoms with E-state index in [0.29, 0.717) is 0 Å². The second kappa shape index (κ2) is 6.93. The van der Waals surface area contributed by atoms with E-state index in [1.807, 2.05) is 6.08 Å². The summed E-state index contributed by atoms with van der Waals surface area (Å²) in [7, 11) is 0. The minimum atomic E-state index is 0.852. The summed E-state index contributed by atoms with van der Waals surface area (Å²) in [5.41, 5.74) is 0. The topological polar surface area (TPSA) is 0 Å². The molecule has 0 spiro atoms. The normalized spacial score (nSPS) is 31.1. The average Bonchev–Trinajstić information content (AvgIpc) is 2.24. The molecule has 16 heavy (non-hydrogen) atoms. The maximum absolute atomic E-state index is 3.75. The molecule has 0 aromatic carbocycles. The summed E-state index contributed by atoms with van der Waals surface area (Å²) < 4.78 is 0. The molecule has 0 aliphatic heterocycles. The van der Waals surface area contributed by atoms with Crippen molar-refractivity contribution in [2.45, 2.75) is 52.9 Å². The molecule has 0 nitrogen and oxygen atoms in total.